The molecule has 0 aliphatic carbocycles. The maximum atomic E-state index is 12.6. The van der Waals surface area contributed by atoms with E-state index >= 15 is 0 Å². The molecule has 1 atom stereocenters. The van der Waals surface area contributed by atoms with E-state index in [0.29, 0.717) is 51.8 Å². The molecule has 1 aromatic heterocycles. The van der Waals surface area contributed by atoms with E-state index in [9.17, 15) is 4.79 Å². The van der Waals surface area contributed by atoms with Gasteiger partial charge in [-0.1, -0.05) is 29.3 Å². The number of methoxy groups -OCH3 is 2. The summed E-state index contributed by atoms with van der Waals surface area (Å²) in [5.41, 5.74) is 1.79. The van der Waals surface area contributed by atoms with Gasteiger partial charge in [0.15, 0.2) is 11.5 Å². The van der Waals surface area contributed by atoms with Crippen molar-refractivity contribution in [3.63, 3.8) is 0 Å². The van der Waals surface area contributed by atoms with Crippen LogP contribution in [0.5, 0.6) is 11.5 Å². The average Bonchev–Trinajstić information content (AvgIpc) is 3.40. The van der Waals surface area contributed by atoms with Crippen LogP contribution in [0.1, 0.15) is 16.7 Å². The topological polar surface area (TPSA) is 51.9 Å². The molecule has 5 nitrogen and oxygen atoms in total. The number of thioether (sulfide) groups is 1. The standard InChI is InChI=1S/C23H21Cl2NO4S/c1-28-19-6-3-14(11-21(19)29-2)9-10-26-22(27)13-31-23(26)20-8-7-18(30-20)16-12-15(24)4-5-17(16)25/h3-8,11-12,23H,9-10,13H2,1-2H3. The van der Waals surface area contributed by atoms with Crippen LogP contribution in [0, 0.1) is 0 Å². The number of carbonyl (C=O) groups excluding carboxylic acids is 1. The fraction of sp³-hybridized carbons (Fsp3) is 0.261. The lowest BCUT2D eigenvalue weighted by Gasteiger charge is -2.22. The number of nitrogens with zero attached hydrogens (tertiary/aromatic N) is 1. The van der Waals surface area contributed by atoms with Crippen molar-refractivity contribution in [3.8, 4) is 22.8 Å². The fourth-order valence-electron chi connectivity index (χ4n) is 3.53. The Kier molecular flexibility index (Phi) is 6.70. The van der Waals surface area contributed by atoms with Crippen LogP contribution in [0.2, 0.25) is 10.0 Å². The Hall–Kier alpha value is -2.28. The van der Waals surface area contributed by atoms with E-state index in [1.165, 1.54) is 0 Å². The van der Waals surface area contributed by atoms with Crippen molar-refractivity contribution in [1.29, 1.82) is 0 Å². The zero-order valence-corrected chi connectivity index (χ0v) is 19.4. The molecule has 0 N–H and O–H groups in total. The third kappa shape index (κ3) is 4.66. The number of hydrogen-bond donors (Lipinski definition) is 0. The van der Waals surface area contributed by atoms with Gasteiger partial charge in [0.25, 0.3) is 0 Å². The van der Waals surface area contributed by atoms with Gasteiger partial charge in [0.2, 0.25) is 5.91 Å². The number of carbonyl (C=O) groups is 1. The minimum Gasteiger partial charge on any atom is -0.493 e. The molecule has 31 heavy (non-hydrogen) atoms. The predicted octanol–water partition coefficient (Wildman–Crippen LogP) is 6.09. The van der Waals surface area contributed by atoms with E-state index in [2.05, 4.69) is 0 Å². The third-order valence-corrected chi connectivity index (χ3v) is 6.90. The second-order valence-corrected chi connectivity index (χ2v) is 8.93. The van der Waals surface area contributed by atoms with Gasteiger partial charge in [0.05, 0.1) is 25.0 Å². The van der Waals surface area contributed by atoms with Gasteiger partial charge in [-0.2, -0.15) is 0 Å². The highest BCUT2D eigenvalue weighted by atomic mass is 35.5. The number of hydrogen-bond acceptors (Lipinski definition) is 5. The number of ether oxygens (including phenoxy) is 2. The molecule has 1 saturated heterocycles. The minimum absolute atomic E-state index is 0.0919. The number of amides is 1. The Morgan fingerprint density at radius 2 is 1.87 bits per heavy atom. The van der Waals surface area contributed by atoms with Crippen LogP contribution in [0.25, 0.3) is 11.3 Å². The highest BCUT2D eigenvalue weighted by molar-refractivity contribution is 8.00. The van der Waals surface area contributed by atoms with E-state index < -0.39 is 0 Å². The number of halogens is 2. The van der Waals surface area contributed by atoms with Gasteiger partial charge in [-0.15, -0.1) is 11.8 Å². The molecule has 1 aliphatic rings. The predicted molar refractivity (Wildman–Crippen MR) is 124 cm³/mol. The van der Waals surface area contributed by atoms with Gasteiger partial charge in [-0.05, 0) is 54.4 Å². The molecular formula is C23H21Cl2NO4S. The van der Waals surface area contributed by atoms with Crippen LogP contribution in [-0.2, 0) is 11.2 Å². The van der Waals surface area contributed by atoms with E-state index in [-0.39, 0.29) is 11.3 Å². The molecule has 2 aromatic carbocycles. The summed E-state index contributed by atoms with van der Waals surface area (Å²) in [4.78, 5) is 14.4. The van der Waals surface area contributed by atoms with Crippen molar-refractivity contribution in [1.82, 2.24) is 4.90 Å². The van der Waals surface area contributed by atoms with Crippen LogP contribution in [0.15, 0.2) is 52.9 Å². The highest BCUT2D eigenvalue weighted by Gasteiger charge is 2.34. The highest BCUT2D eigenvalue weighted by Crippen LogP contribution is 2.42. The largest absolute Gasteiger partial charge is 0.493 e. The van der Waals surface area contributed by atoms with Crippen LogP contribution < -0.4 is 9.47 Å². The normalized spacial score (nSPS) is 16.1. The fourth-order valence-corrected chi connectivity index (χ4v) is 5.08. The van der Waals surface area contributed by atoms with E-state index in [4.69, 9.17) is 37.1 Å². The molecule has 0 saturated carbocycles. The molecule has 0 bridgehead atoms. The van der Waals surface area contributed by atoms with Gasteiger partial charge >= 0.3 is 0 Å². The zero-order valence-electron chi connectivity index (χ0n) is 17.1. The molecule has 0 spiro atoms. The quantitative estimate of drug-likeness (QED) is 0.412. The van der Waals surface area contributed by atoms with Crippen molar-refractivity contribution in [2.75, 3.05) is 26.5 Å². The molecule has 8 heteroatoms. The number of furan rings is 1. The third-order valence-electron chi connectivity index (χ3n) is 5.12. The van der Waals surface area contributed by atoms with Crippen LogP contribution in [-0.4, -0.2) is 37.3 Å². The Labute approximate surface area is 195 Å². The van der Waals surface area contributed by atoms with Crippen molar-refractivity contribution < 1.29 is 18.7 Å². The zero-order chi connectivity index (χ0) is 22.0. The first-order chi connectivity index (χ1) is 15.0. The van der Waals surface area contributed by atoms with Gasteiger partial charge in [0.1, 0.15) is 16.9 Å². The summed E-state index contributed by atoms with van der Waals surface area (Å²) in [7, 11) is 3.22. The van der Waals surface area contributed by atoms with Crippen molar-refractivity contribution in [2.45, 2.75) is 11.8 Å². The summed E-state index contributed by atoms with van der Waals surface area (Å²) in [5.74, 6) is 3.21. The summed E-state index contributed by atoms with van der Waals surface area (Å²) >= 11 is 14.0. The number of rotatable bonds is 7. The summed E-state index contributed by atoms with van der Waals surface area (Å²) in [6.07, 6.45) is 0.691. The molecule has 3 aromatic rings. The molecular weight excluding hydrogens is 457 g/mol. The molecule has 1 fully saturated rings. The molecule has 4 rings (SSSR count). The SMILES string of the molecule is COc1ccc(CCN2C(=O)CSC2c2ccc(-c3cc(Cl)ccc3Cl)o2)cc1OC. The molecule has 1 unspecified atom stereocenters. The first kappa shape index (κ1) is 21.9. The van der Waals surface area contributed by atoms with Gasteiger partial charge in [-0.3, -0.25) is 4.79 Å². The summed E-state index contributed by atoms with van der Waals surface area (Å²) in [6.45, 7) is 0.569. The lowest BCUT2D eigenvalue weighted by molar-refractivity contribution is -0.128. The molecule has 162 valence electrons. The summed E-state index contributed by atoms with van der Waals surface area (Å²) < 4.78 is 16.8. The molecule has 1 amide bonds. The lowest BCUT2D eigenvalue weighted by atomic mass is 10.1. The number of benzene rings is 2. The van der Waals surface area contributed by atoms with Gasteiger partial charge in [0, 0.05) is 17.1 Å². The first-order valence-corrected chi connectivity index (χ1v) is 11.5. The van der Waals surface area contributed by atoms with E-state index in [1.807, 2.05) is 35.2 Å². The Balaban J connectivity index is 1.51. The van der Waals surface area contributed by atoms with Crippen LogP contribution in [0.4, 0.5) is 0 Å². The maximum absolute atomic E-state index is 12.6. The van der Waals surface area contributed by atoms with Crippen LogP contribution in [0.3, 0.4) is 0 Å². The Bertz CT molecular complexity index is 1100. The monoisotopic (exact) mass is 477 g/mol. The van der Waals surface area contributed by atoms with Crippen molar-refractivity contribution in [2.24, 2.45) is 0 Å². The first-order valence-electron chi connectivity index (χ1n) is 9.67. The minimum atomic E-state index is -0.181. The molecule has 0 radical (unpaired) electrons. The summed E-state index contributed by atoms with van der Waals surface area (Å²) in [6, 6.07) is 14.8. The Morgan fingerprint density at radius 1 is 1.06 bits per heavy atom. The Morgan fingerprint density at radius 3 is 2.65 bits per heavy atom. The van der Waals surface area contributed by atoms with E-state index in [0.717, 1.165) is 11.1 Å². The second-order valence-electron chi connectivity index (χ2n) is 7.02. The van der Waals surface area contributed by atoms with Gasteiger partial charge < -0.3 is 18.8 Å². The summed E-state index contributed by atoms with van der Waals surface area (Å²) in [5, 5.41) is 0.962. The second kappa shape index (κ2) is 9.47. The lowest BCUT2D eigenvalue weighted by Crippen LogP contribution is -2.30. The van der Waals surface area contributed by atoms with Crippen LogP contribution >= 0.6 is 35.0 Å². The van der Waals surface area contributed by atoms with Crippen molar-refractivity contribution >= 4 is 40.9 Å². The molecule has 2 heterocycles. The van der Waals surface area contributed by atoms with E-state index in [1.54, 1.807) is 44.2 Å². The smallest absolute Gasteiger partial charge is 0.233 e. The molecule has 1 aliphatic heterocycles. The van der Waals surface area contributed by atoms with Crippen molar-refractivity contribution in [3.05, 3.63) is 69.9 Å². The average molecular weight is 478 g/mol. The van der Waals surface area contributed by atoms with Gasteiger partial charge in [-0.25, -0.2) is 0 Å². The maximum Gasteiger partial charge on any atom is 0.233 e.